The second-order valence-electron chi connectivity index (χ2n) is 9.07. The number of likely N-dealkylation sites (N-methyl/N-ethyl adjacent to an activating group) is 1. The van der Waals surface area contributed by atoms with Gasteiger partial charge < -0.3 is 29.9 Å². The third-order valence-corrected chi connectivity index (χ3v) is 6.19. The van der Waals surface area contributed by atoms with E-state index >= 15 is 0 Å². The summed E-state index contributed by atoms with van der Waals surface area (Å²) in [6, 6.07) is 9.41. The smallest absolute Gasteiger partial charge is 0.323 e. The molecule has 0 spiro atoms. The largest absolute Gasteiger partial charge is 0.491 e. The number of nitrogens with one attached hydrogen (secondary N) is 2. The molecular weight excluding hydrogens is 467 g/mol. The molecule has 3 rings (SSSR count). The minimum absolute atomic E-state index is 0.0151. The van der Waals surface area contributed by atoms with E-state index in [0.29, 0.717) is 30.0 Å². The first kappa shape index (κ1) is 26.9. The van der Waals surface area contributed by atoms with E-state index in [4.69, 9.17) is 9.47 Å². The Balaban J connectivity index is 1.87. The van der Waals surface area contributed by atoms with Gasteiger partial charge in [0.2, 0.25) is 5.91 Å². The van der Waals surface area contributed by atoms with Gasteiger partial charge in [-0.1, -0.05) is 13.0 Å². The number of hydrogen-bond acceptors (Lipinski definition) is 5. The first-order chi connectivity index (χ1) is 17.1. The van der Waals surface area contributed by atoms with Crippen molar-refractivity contribution in [1.82, 2.24) is 9.80 Å². The molecule has 0 aromatic heterocycles. The van der Waals surface area contributed by atoms with Crippen molar-refractivity contribution in [3.8, 4) is 5.75 Å². The number of carbonyl (C=O) groups is 3. The van der Waals surface area contributed by atoms with E-state index < -0.39 is 11.8 Å². The Morgan fingerprint density at radius 1 is 1.08 bits per heavy atom. The maximum atomic E-state index is 13.4. The molecule has 9 nitrogen and oxygen atoms in total. The standard InChI is InChI=1S/C26H33FN4O5/c1-16-13-31(18(3)32)17(2)15-36-23-12-21(29-26(34)28-20-8-6-7-19(27)11-20)9-10-22(23)25(33)30(4)14-24(16)35-5/h6-12,16-17,24H,13-15H2,1-5H3,(H2,28,29,34)/t16-,17+,24+/m0/s1. The van der Waals surface area contributed by atoms with Gasteiger partial charge in [0.25, 0.3) is 5.91 Å². The average molecular weight is 501 g/mol. The third-order valence-electron chi connectivity index (χ3n) is 6.19. The van der Waals surface area contributed by atoms with Crippen LogP contribution in [0.1, 0.15) is 31.1 Å². The van der Waals surface area contributed by atoms with E-state index in [1.807, 2.05) is 13.8 Å². The van der Waals surface area contributed by atoms with Gasteiger partial charge in [-0.2, -0.15) is 0 Å². The van der Waals surface area contributed by atoms with Crippen LogP contribution >= 0.6 is 0 Å². The Morgan fingerprint density at radius 3 is 2.42 bits per heavy atom. The number of hydrogen-bond donors (Lipinski definition) is 2. The van der Waals surface area contributed by atoms with Gasteiger partial charge in [-0.05, 0) is 37.3 Å². The van der Waals surface area contributed by atoms with Gasteiger partial charge in [-0.25, -0.2) is 9.18 Å². The van der Waals surface area contributed by atoms with Gasteiger partial charge >= 0.3 is 6.03 Å². The number of fused-ring (bicyclic) bond motifs is 1. The van der Waals surface area contributed by atoms with Crippen molar-refractivity contribution in [3.63, 3.8) is 0 Å². The predicted molar refractivity (Wildman–Crippen MR) is 135 cm³/mol. The summed E-state index contributed by atoms with van der Waals surface area (Å²) in [6.07, 6.45) is -0.274. The Hall–Kier alpha value is -3.66. The molecule has 3 atom stereocenters. The molecule has 36 heavy (non-hydrogen) atoms. The minimum Gasteiger partial charge on any atom is -0.491 e. The number of halogens is 1. The summed E-state index contributed by atoms with van der Waals surface area (Å²) < 4.78 is 25.1. The number of anilines is 2. The number of ether oxygens (including phenoxy) is 2. The molecule has 0 fully saturated rings. The summed E-state index contributed by atoms with van der Waals surface area (Å²) in [7, 11) is 3.28. The van der Waals surface area contributed by atoms with Crippen molar-refractivity contribution in [2.24, 2.45) is 5.92 Å². The van der Waals surface area contributed by atoms with Gasteiger partial charge in [0.15, 0.2) is 0 Å². The molecule has 2 aromatic carbocycles. The summed E-state index contributed by atoms with van der Waals surface area (Å²) in [6.45, 7) is 6.31. The van der Waals surface area contributed by atoms with Crippen LogP contribution in [0.5, 0.6) is 5.75 Å². The van der Waals surface area contributed by atoms with Crippen LogP contribution in [0.25, 0.3) is 0 Å². The second-order valence-corrected chi connectivity index (χ2v) is 9.07. The van der Waals surface area contributed by atoms with Gasteiger partial charge in [-0.3, -0.25) is 9.59 Å². The van der Waals surface area contributed by atoms with E-state index in [-0.39, 0.29) is 42.2 Å². The maximum Gasteiger partial charge on any atom is 0.323 e. The van der Waals surface area contributed by atoms with Gasteiger partial charge in [-0.15, -0.1) is 0 Å². The molecule has 0 unspecified atom stereocenters. The first-order valence-electron chi connectivity index (χ1n) is 11.7. The van der Waals surface area contributed by atoms with Crippen LogP contribution in [-0.4, -0.2) is 73.6 Å². The van der Waals surface area contributed by atoms with Crippen LogP contribution in [0.3, 0.4) is 0 Å². The van der Waals surface area contributed by atoms with Crippen molar-refractivity contribution >= 4 is 29.2 Å². The van der Waals surface area contributed by atoms with E-state index in [1.54, 1.807) is 48.2 Å². The zero-order valence-corrected chi connectivity index (χ0v) is 21.2. The summed E-state index contributed by atoms with van der Waals surface area (Å²) in [5.41, 5.74) is 0.995. The lowest BCUT2D eigenvalue weighted by Gasteiger charge is -2.35. The highest BCUT2D eigenvalue weighted by atomic mass is 19.1. The monoisotopic (exact) mass is 500 g/mol. The number of urea groups is 1. The lowest BCUT2D eigenvalue weighted by Crippen LogP contribution is -2.48. The molecule has 2 aromatic rings. The first-order valence-corrected chi connectivity index (χ1v) is 11.7. The fourth-order valence-corrected chi connectivity index (χ4v) is 4.15. The number of nitrogens with zero attached hydrogens (tertiary/aromatic N) is 2. The van der Waals surface area contributed by atoms with Crippen LogP contribution in [0.4, 0.5) is 20.6 Å². The SMILES string of the molecule is CO[C@@H]1CN(C)C(=O)c2ccc(NC(=O)Nc3cccc(F)c3)cc2OC[C@@H](C)N(C(C)=O)C[C@@H]1C. The van der Waals surface area contributed by atoms with Crippen LogP contribution in [0, 0.1) is 11.7 Å². The van der Waals surface area contributed by atoms with Crippen molar-refractivity contribution in [2.75, 3.05) is 44.5 Å². The fraction of sp³-hybridized carbons (Fsp3) is 0.423. The van der Waals surface area contributed by atoms with Gasteiger partial charge in [0.1, 0.15) is 18.2 Å². The Kier molecular flexibility index (Phi) is 8.87. The molecule has 0 saturated heterocycles. The molecule has 1 heterocycles. The number of rotatable bonds is 3. The van der Waals surface area contributed by atoms with Crippen LogP contribution in [0.15, 0.2) is 42.5 Å². The average Bonchev–Trinajstić information content (AvgIpc) is 2.82. The predicted octanol–water partition coefficient (Wildman–Crippen LogP) is 3.82. The van der Waals surface area contributed by atoms with E-state index in [0.717, 1.165) is 0 Å². The molecular formula is C26H33FN4O5. The highest BCUT2D eigenvalue weighted by Crippen LogP contribution is 2.27. The maximum absolute atomic E-state index is 13.4. The Labute approximate surface area is 210 Å². The van der Waals surface area contributed by atoms with Crippen molar-refractivity contribution in [3.05, 3.63) is 53.8 Å². The number of amides is 4. The fourth-order valence-electron chi connectivity index (χ4n) is 4.15. The Morgan fingerprint density at radius 2 is 1.78 bits per heavy atom. The second kappa shape index (κ2) is 11.9. The molecule has 4 amide bonds. The topological polar surface area (TPSA) is 100 Å². The molecule has 0 saturated carbocycles. The molecule has 0 bridgehead atoms. The highest BCUT2D eigenvalue weighted by Gasteiger charge is 2.29. The van der Waals surface area contributed by atoms with Gasteiger partial charge in [0.05, 0.1) is 17.7 Å². The van der Waals surface area contributed by atoms with E-state index in [2.05, 4.69) is 10.6 Å². The summed E-state index contributed by atoms with van der Waals surface area (Å²) in [5.74, 6) is -0.555. The summed E-state index contributed by atoms with van der Waals surface area (Å²) >= 11 is 0. The summed E-state index contributed by atoms with van der Waals surface area (Å²) in [4.78, 5) is 41.4. The molecule has 2 N–H and O–H groups in total. The van der Waals surface area contributed by atoms with E-state index in [1.165, 1.54) is 25.1 Å². The lowest BCUT2D eigenvalue weighted by molar-refractivity contribution is -0.133. The van der Waals surface area contributed by atoms with Crippen molar-refractivity contribution < 1.29 is 28.2 Å². The minimum atomic E-state index is -0.579. The highest BCUT2D eigenvalue weighted by molar-refractivity contribution is 6.01. The molecule has 1 aliphatic heterocycles. The molecule has 0 radical (unpaired) electrons. The lowest BCUT2D eigenvalue weighted by atomic mass is 10.0. The zero-order valence-electron chi connectivity index (χ0n) is 21.2. The van der Waals surface area contributed by atoms with Crippen LogP contribution < -0.4 is 15.4 Å². The van der Waals surface area contributed by atoms with Crippen LogP contribution in [-0.2, 0) is 9.53 Å². The molecule has 10 heteroatoms. The van der Waals surface area contributed by atoms with Crippen LogP contribution in [0.2, 0.25) is 0 Å². The number of benzene rings is 2. The van der Waals surface area contributed by atoms with E-state index in [9.17, 15) is 18.8 Å². The van der Waals surface area contributed by atoms with Crippen molar-refractivity contribution in [2.45, 2.75) is 32.9 Å². The normalized spacial score (nSPS) is 20.9. The third kappa shape index (κ3) is 6.72. The Bertz CT molecular complexity index is 1110. The van der Waals surface area contributed by atoms with Crippen molar-refractivity contribution in [1.29, 1.82) is 0 Å². The van der Waals surface area contributed by atoms with Gasteiger partial charge in [0, 0.05) is 57.5 Å². The summed E-state index contributed by atoms with van der Waals surface area (Å²) in [5, 5.41) is 5.23. The molecule has 194 valence electrons. The molecule has 0 aliphatic carbocycles. The zero-order chi connectivity index (χ0) is 26.4. The number of methoxy groups -OCH3 is 1. The molecule has 1 aliphatic rings. The number of carbonyl (C=O) groups excluding carboxylic acids is 3. The quantitative estimate of drug-likeness (QED) is 0.668.